The Balaban J connectivity index is 1.37. The summed E-state index contributed by atoms with van der Waals surface area (Å²) in [5.41, 5.74) is 8.43. The van der Waals surface area contributed by atoms with Gasteiger partial charge in [-0.2, -0.15) is 5.10 Å². The van der Waals surface area contributed by atoms with E-state index in [1.165, 1.54) is 19.3 Å². The van der Waals surface area contributed by atoms with Gasteiger partial charge in [0.25, 0.3) is 0 Å². The van der Waals surface area contributed by atoms with Crippen molar-refractivity contribution in [2.45, 2.75) is 26.2 Å². The van der Waals surface area contributed by atoms with Gasteiger partial charge in [-0.05, 0) is 67.7 Å². The van der Waals surface area contributed by atoms with Crippen LogP contribution in [0.1, 0.15) is 31.7 Å². The summed E-state index contributed by atoms with van der Waals surface area (Å²) in [5, 5.41) is 11.9. The monoisotopic (exact) mass is 500 g/mol. The van der Waals surface area contributed by atoms with Crippen molar-refractivity contribution in [1.29, 1.82) is 0 Å². The highest BCUT2D eigenvalue weighted by molar-refractivity contribution is 5.95. The van der Waals surface area contributed by atoms with Gasteiger partial charge in [-0.15, -0.1) is 0 Å². The number of rotatable bonds is 8. The van der Waals surface area contributed by atoms with E-state index in [2.05, 4.69) is 66.8 Å². The van der Waals surface area contributed by atoms with E-state index >= 15 is 0 Å². The molecule has 0 saturated heterocycles. The molecule has 5 aromatic heterocycles. The number of fused-ring (bicyclic) bond motifs is 2. The van der Waals surface area contributed by atoms with Crippen LogP contribution in [0.4, 0.5) is 0 Å². The zero-order chi connectivity index (χ0) is 26.1. The SMILES string of the molecule is C=C/C(=C\C(=C/C)c1cnc2n[nH]c(-c3nc4c(-c5ccccn5)nccc4[nH]3)c2c1)NC(=C)C1CCC1. The summed E-state index contributed by atoms with van der Waals surface area (Å²) < 4.78 is 0. The molecule has 0 radical (unpaired) electrons. The summed E-state index contributed by atoms with van der Waals surface area (Å²) in [7, 11) is 0. The lowest BCUT2D eigenvalue weighted by Gasteiger charge is -2.28. The fraction of sp³-hybridized carbons (Fsp3) is 0.167. The molecule has 8 heteroatoms. The van der Waals surface area contributed by atoms with Gasteiger partial charge in [-0.25, -0.2) is 9.97 Å². The Bertz CT molecular complexity index is 1720. The van der Waals surface area contributed by atoms with Crippen molar-refractivity contribution in [3.8, 4) is 22.9 Å². The zero-order valence-electron chi connectivity index (χ0n) is 21.2. The average Bonchev–Trinajstić information content (AvgIpc) is 3.54. The number of pyridine rings is 3. The Morgan fingerprint density at radius 2 is 2.03 bits per heavy atom. The molecule has 0 aromatic carbocycles. The van der Waals surface area contributed by atoms with Crippen LogP contribution in [-0.4, -0.2) is 35.1 Å². The molecule has 6 rings (SSSR count). The number of imidazole rings is 1. The molecule has 0 amide bonds. The van der Waals surface area contributed by atoms with Crippen LogP contribution in [0.25, 0.3) is 50.5 Å². The van der Waals surface area contributed by atoms with Gasteiger partial charge in [0.05, 0.1) is 16.6 Å². The van der Waals surface area contributed by atoms with Crippen LogP contribution >= 0.6 is 0 Å². The number of nitrogens with one attached hydrogen (secondary N) is 3. The largest absolute Gasteiger partial charge is 0.359 e. The Morgan fingerprint density at radius 3 is 2.76 bits per heavy atom. The first-order valence-electron chi connectivity index (χ1n) is 12.7. The molecule has 5 heterocycles. The predicted octanol–water partition coefficient (Wildman–Crippen LogP) is 6.33. The predicted molar refractivity (Wildman–Crippen MR) is 152 cm³/mol. The number of aromatic amines is 2. The fourth-order valence-electron chi connectivity index (χ4n) is 4.67. The summed E-state index contributed by atoms with van der Waals surface area (Å²) in [6.45, 7) is 10.2. The number of aromatic nitrogens is 7. The van der Waals surface area contributed by atoms with Crippen molar-refractivity contribution in [3.05, 3.63) is 97.3 Å². The Morgan fingerprint density at radius 1 is 1.13 bits per heavy atom. The van der Waals surface area contributed by atoms with Gasteiger partial charge in [-0.3, -0.25) is 15.1 Å². The van der Waals surface area contributed by atoms with E-state index in [-0.39, 0.29) is 0 Å². The van der Waals surface area contributed by atoms with Crippen molar-refractivity contribution in [1.82, 2.24) is 40.4 Å². The maximum absolute atomic E-state index is 4.88. The number of hydrogen-bond donors (Lipinski definition) is 3. The lowest BCUT2D eigenvalue weighted by atomic mass is 9.83. The molecule has 1 saturated carbocycles. The van der Waals surface area contributed by atoms with Crippen LogP contribution in [0.3, 0.4) is 0 Å². The average molecular weight is 501 g/mol. The van der Waals surface area contributed by atoms with Crippen molar-refractivity contribution in [3.63, 3.8) is 0 Å². The second-order valence-corrected chi connectivity index (χ2v) is 9.38. The molecular formula is C30H28N8. The second kappa shape index (κ2) is 9.89. The number of allylic oxidation sites excluding steroid dienone is 5. The third-order valence-electron chi connectivity index (χ3n) is 7.03. The number of nitrogens with zero attached hydrogens (tertiary/aromatic N) is 5. The first-order valence-corrected chi connectivity index (χ1v) is 12.7. The van der Waals surface area contributed by atoms with Gasteiger partial charge in [0.15, 0.2) is 11.5 Å². The van der Waals surface area contributed by atoms with Crippen molar-refractivity contribution >= 4 is 27.6 Å². The lowest BCUT2D eigenvalue weighted by Crippen LogP contribution is -2.23. The van der Waals surface area contributed by atoms with E-state index in [1.54, 1.807) is 12.4 Å². The van der Waals surface area contributed by atoms with E-state index in [9.17, 15) is 0 Å². The van der Waals surface area contributed by atoms with Crippen LogP contribution in [0.15, 0.2) is 91.7 Å². The van der Waals surface area contributed by atoms with Crippen LogP contribution in [0, 0.1) is 5.92 Å². The van der Waals surface area contributed by atoms with E-state index in [4.69, 9.17) is 4.98 Å². The zero-order valence-corrected chi connectivity index (χ0v) is 21.2. The first kappa shape index (κ1) is 23.5. The van der Waals surface area contributed by atoms with Gasteiger partial charge < -0.3 is 10.3 Å². The molecule has 3 N–H and O–H groups in total. The standard InChI is InChI=1S/C30H28N8/c1-4-19(15-22(5-2)34-18(3)20-9-8-10-20)21-16-23-26(37-38-29(23)33-17-21)30-35-25-12-14-32-27(28(25)36-30)24-11-6-7-13-31-24/h4-7,11-17,20,34H,2-3,8-10H2,1H3,(H,35,36)(H,33,37,38)/b19-4+,22-15+. The number of hydrogen-bond acceptors (Lipinski definition) is 6. The molecule has 0 atom stereocenters. The summed E-state index contributed by atoms with van der Waals surface area (Å²) in [5.74, 6) is 1.20. The van der Waals surface area contributed by atoms with Crippen molar-refractivity contribution < 1.29 is 0 Å². The molecule has 38 heavy (non-hydrogen) atoms. The quantitative estimate of drug-likeness (QED) is 0.215. The minimum absolute atomic E-state index is 0.538. The molecule has 0 spiro atoms. The molecular weight excluding hydrogens is 472 g/mol. The second-order valence-electron chi connectivity index (χ2n) is 9.38. The highest BCUT2D eigenvalue weighted by Gasteiger charge is 2.21. The normalized spacial score (nSPS) is 14.6. The molecule has 0 aliphatic heterocycles. The highest BCUT2D eigenvalue weighted by atomic mass is 15.2. The van der Waals surface area contributed by atoms with Gasteiger partial charge >= 0.3 is 0 Å². The highest BCUT2D eigenvalue weighted by Crippen LogP contribution is 2.32. The van der Waals surface area contributed by atoms with E-state index < -0.39 is 0 Å². The Hall–Kier alpha value is -4.85. The molecule has 0 unspecified atom stereocenters. The Labute approximate surface area is 220 Å². The van der Waals surface area contributed by atoms with Gasteiger partial charge in [-0.1, -0.05) is 31.7 Å². The molecule has 0 bridgehead atoms. The summed E-state index contributed by atoms with van der Waals surface area (Å²) in [6.07, 6.45) is 15.0. The van der Waals surface area contributed by atoms with E-state index in [0.29, 0.717) is 17.4 Å². The Kier molecular flexibility index (Phi) is 6.13. The maximum atomic E-state index is 4.88. The van der Waals surface area contributed by atoms with Crippen LogP contribution in [-0.2, 0) is 0 Å². The molecule has 188 valence electrons. The van der Waals surface area contributed by atoms with E-state index in [0.717, 1.165) is 56.0 Å². The first-order chi connectivity index (χ1) is 18.6. The topological polar surface area (TPSA) is 108 Å². The third kappa shape index (κ3) is 4.30. The maximum Gasteiger partial charge on any atom is 0.181 e. The van der Waals surface area contributed by atoms with Gasteiger partial charge in [0.2, 0.25) is 0 Å². The molecule has 8 nitrogen and oxygen atoms in total. The van der Waals surface area contributed by atoms with Crippen molar-refractivity contribution in [2.75, 3.05) is 0 Å². The van der Waals surface area contributed by atoms with Gasteiger partial charge in [0, 0.05) is 35.5 Å². The van der Waals surface area contributed by atoms with Gasteiger partial charge in [0.1, 0.15) is 16.9 Å². The summed E-state index contributed by atoms with van der Waals surface area (Å²) in [6, 6.07) is 9.74. The number of H-pyrrole nitrogens is 2. The summed E-state index contributed by atoms with van der Waals surface area (Å²) >= 11 is 0. The lowest BCUT2D eigenvalue weighted by molar-refractivity contribution is 0.356. The fourth-order valence-corrected chi connectivity index (χ4v) is 4.67. The smallest absolute Gasteiger partial charge is 0.181 e. The minimum atomic E-state index is 0.538. The molecule has 1 fully saturated rings. The molecule has 5 aromatic rings. The third-order valence-corrected chi connectivity index (χ3v) is 7.03. The van der Waals surface area contributed by atoms with Crippen LogP contribution < -0.4 is 5.32 Å². The van der Waals surface area contributed by atoms with Crippen LogP contribution in [0.2, 0.25) is 0 Å². The van der Waals surface area contributed by atoms with Crippen molar-refractivity contribution in [2.24, 2.45) is 5.92 Å². The molecule has 1 aliphatic rings. The molecule has 1 aliphatic carbocycles. The van der Waals surface area contributed by atoms with E-state index in [1.807, 2.05) is 43.5 Å². The summed E-state index contributed by atoms with van der Waals surface area (Å²) in [4.78, 5) is 21.9. The minimum Gasteiger partial charge on any atom is -0.359 e. The van der Waals surface area contributed by atoms with Crippen LogP contribution in [0.5, 0.6) is 0 Å².